The highest BCUT2D eigenvalue weighted by atomic mass is 15.3. The third-order valence-electron chi connectivity index (χ3n) is 2.45. The van der Waals surface area contributed by atoms with E-state index < -0.39 is 0 Å². The summed E-state index contributed by atoms with van der Waals surface area (Å²) in [5.41, 5.74) is 0. The summed E-state index contributed by atoms with van der Waals surface area (Å²) in [6.07, 6.45) is 5.97. The Morgan fingerprint density at radius 2 is 2.25 bits per heavy atom. The van der Waals surface area contributed by atoms with Crippen LogP contribution in [0.2, 0.25) is 0 Å². The highest BCUT2D eigenvalue weighted by Gasteiger charge is 2.07. The number of hydrogen-bond acceptors (Lipinski definition) is 2. The molecular formula is C13H23N3. The fourth-order valence-corrected chi connectivity index (χ4v) is 1.64. The van der Waals surface area contributed by atoms with Crippen molar-refractivity contribution in [1.82, 2.24) is 9.78 Å². The van der Waals surface area contributed by atoms with Crippen molar-refractivity contribution in [3.63, 3.8) is 0 Å². The maximum absolute atomic E-state index is 4.32. The minimum atomic E-state index is 0.459. The van der Waals surface area contributed by atoms with Gasteiger partial charge in [0.25, 0.3) is 0 Å². The van der Waals surface area contributed by atoms with E-state index in [9.17, 15) is 0 Å². The highest BCUT2D eigenvalue weighted by molar-refractivity contribution is 5.34. The molecule has 0 amide bonds. The molecule has 16 heavy (non-hydrogen) atoms. The monoisotopic (exact) mass is 221 g/mol. The van der Waals surface area contributed by atoms with Gasteiger partial charge in [0.05, 0.1) is 6.20 Å². The van der Waals surface area contributed by atoms with Gasteiger partial charge in [-0.2, -0.15) is 5.10 Å². The molecule has 0 aromatic carbocycles. The summed E-state index contributed by atoms with van der Waals surface area (Å²) < 4.78 is 2.04. The van der Waals surface area contributed by atoms with Gasteiger partial charge in [-0.1, -0.05) is 19.9 Å². The largest absolute Gasteiger partial charge is 0.368 e. The molecule has 0 saturated heterocycles. The van der Waals surface area contributed by atoms with E-state index in [-0.39, 0.29) is 0 Å². The third-order valence-corrected chi connectivity index (χ3v) is 2.45. The first-order valence-electron chi connectivity index (χ1n) is 6.02. The topological polar surface area (TPSA) is 29.9 Å². The van der Waals surface area contributed by atoms with Crippen molar-refractivity contribution in [3.8, 4) is 0 Å². The van der Waals surface area contributed by atoms with E-state index in [0.29, 0.717) is 12.0 Å². The molecule has 90 valence electrons. The number of allylic oxidation sites excluding steroid dienone is 1. The summed E-state index contributed by atoms with van der Waals surface area (Å²) in [6, 6.07) is 2.49. The van der Waals surface area contributed by atoms with E-state index in [1.54, 1.807) is 0 Å². The van der Waals surface area contributed by atoms with E-state index in [1.807, 2.05) is 23.0 Å². The molecule has 3 nitrogen and oxygen atoms in total. The van der Waals surface area contributed by atoms with Crippen LogP contribution in [-0.4, -0.2) is 15.8 Å². The van der Waals surface area contributed by atoms with Crippen LogP contribution in [0.5, 0.6) is 0 Å². The second kappa shape index (κ2) is 6.36. The van der Waals surface area contributed by atoms with Crippen LogP contribution in [0.25, 0.3) is 0 Å². The molecule has 0 aliphatic heterocycles. The fraction of sp³-hybridized carbons (Fsp3) is 0.615. The van der Waals surface area contributed by atoms with Crippen molar-refractivity contribution in [2.24, 2.45) is 5.92 Å². The Morgan fingerprint density at radius 1 is 1.50 bits per heavy atom. The minimum absolute atomic E-state index is 0.459. The molecule has 1 aromatic heterocycles. The number of aromatic nitrogens is 2. The van der Waals surface area contributed by atoms with Crippen LogP contribution in [-0.2, 0) is 6.54 Å². The number of hydrogen-bond donors (Lipinski definition) is 1. The first-order chi connectivity index (χ1) is 7.63. The molecule has 0 aliphatic rings. The Balaban J connectivity index is 2.52. The molecule has 3 heteroatoms. The van der Waals surface area contributed by atoms with Gasteiger partial charge in [-0.15, -0.1) is 6.58 Å². The number of anilines is 1. The van der Waals surface area contributed by atoms with Gasteiger partial charge >= 0.3 is 0 Å². The Bertz CT molecular complexity index is 315. The predicted octanol–water partition coefficient (Wildman–Crippen LogP) is 3.31. The van der Waals surface area contributed by atoms with Gasteiger partial charge in [0, 0.05) is 18.7 Å². The zero-order valence-corrected chi connectivity index (χ0v) is 10.6. The lowest BCUT2D eigenvalue weighted by Gasteiger charge is -2.16. The SMILES string of the molecule is C=CCCC(C)Nc1ccnn1CC(C)C. The summed E-state index contributed by atoms with van der Waals surface area (Å²) in [6.45, 7) is 11.3. The summed E-state index contributed by atoms with van der Waals surface area (Å²) >= 11 is 0. The van der Waals surface area contributed by atoms with E-state index >= 15 is 0 Å². The molecule has 0 aliphatic carbocycles. The molecule has 1 atom stereocenters. The second-order valence-electron chi connectivity index (χ2n) is 4.70. The normalized spacial score (nSPS) is 12.8. The van der Waals surface area contributed by atoms with Gasteiger partial charge in [0.2, 0.25) is 0 Å². The van der Waals surface area contributed by atoms with Crippen LogP contribution in [0.3, 0.4) is 0 Å². The Hall–Kier alpha value is -1.25. The van der Waals surface area contributed by atoms with Crippen molar-refractivity contribution in [3.05, 3.63) is 24.9 Å². The summed E-state index contributed by atoms with van der Waals surface area (Å²) in [7, 11) is 0. The predicted molar refractivity (Wildman–Crippen MR) is 69.6 cm³/mol. The maximum atomic E-state index is 4.32. The lowest BCUT2D eigenvalue weighted by molar-refractivity contribution is 0.485. The van der Waals surface area contributed by atoms with Gasteiger partial charge in [-0.3, -0.25) is 0 Å². The quantitative estimate of drug-likeness (QED) is 0.716. The van der Waals surface area contributed by atoms with Gasteiger partial charge in [0.15, 0.2) is 0 Å². The van der Waals surface area contributed by atoms with Crippen LogP contribution >= 0.6 is 0 Å². The summed E-state index contributed by atoms with van der Waals surface area (Å²) in [4.78, 5) is 0. The van der Waals surface area contributed by atoms with E-state index in [0.717, 1.165) is 25.2 Å². The minimum Gasteiger partial charge on any atom is -0.368 e. The average Bonchev–Trinajstić information content (AvgIpc) is 2.62. The van der Waals surface area contributed by atoms with E-state index in [2.05, 4.69) is 37.8 Å². The van der Waals surface area contributed by atoms with Gasteiger partial charge < -0.3 is 5.32 Å². The number of nitrogens with one attached hydrogen (secondary N) is 1. The smallest absolute Gasteiger partial charge is 0.124 e. The van der Waals surface area contributed by atoms with Crippen molar-refractivity contribution < 1.29 is 0 Å². The first-order valence-corrected chi connectivity index (χ1v) is 6.02. The zero-order chi connectivity index (χ0) is 12.0. The summed E-state index contributed by atoms with van der Waals surface area (Å²) in [5.74, 6) is 1.73. The number of rotatable bonds is 7. The van der Waals surface area contributed by atoms with E-state index in [1.165, 1.54) is 0 Å². The van der Waals surface area contributed by atoms with Gasteiger partial charge in [0.1, 0.15) is 5.82 Å². The van der Waals surface area contributed by atoms with E-state index in [4.69, 9.17) is 0 Å². The fourth-order valence-electron chi connectivity index (χ4n) is 1.64. The molecule has 1 heterocycles. The van der Waals surface area contributed by atoms with Crippen LogP contribution in [0.1, 0.15) is 33.6 Å². The molecule has 0 saturated carbocycles. The molecule has 0 spiro atoms. The standard InChI is InChI=1S/C13H23N3/c1-5-6-7-12(4)15-13-8-9-14-16(13)10-11(2)3/h5,8-9,11-12,15H,1,6-7,10H2,2-4H3. The first kappa shape index (κ1) is 12.8. The summed E-state index contributed by atoms with van der Waals surface area (Å²) in [5, 5.41) is 7.81. The van der Waals surface area contributed by atoms with Crippen LogP contribution in [0.15, 0.2) is 24.9 Å². The molecular weight excluding hydrogens is 198 g/mol. The van der Waals surface area contributed by atoms with Crippen molar-refractivity contribution >= 4 is 5.82 Å². The molecule has 1 rings (SSSR count). The zero-order valence-electron chi connectivity index (χ0n) is 10.6. The van der Waals surface area contributed by atoms with Crippen molar-refractivity contribution in [1.29, 1.82) is 0 Å². The van der Waals surface area contributed by atoms with Crippen molar-refractivity contribution in [2.45, 2.75) is 46.2 Å². The molecule has 1 N–H and O–H groups in total. The number of nitrogens with zero attached hydrogens (tertiary/aromatic N) is 2. The maximum Gasteiger partial charge on any atom is 0.124 e. The average molecular weight is 221 g/mol. The lowest BCUT2D eigenvalue weighted by Crippen LogP contribution is -2.19. The van der Waals surface area contributed by atoms with Crippen LogP contribution < -0.4 is 5.32 Å². The van der Waals surface area contributed by atoms with Crippen molar-refractivity contribution in [2.75, 3.05) is 5.32 Å². The highest BCUT2D eigenvalue weighted by Crippen LogP contribution is 2.12. The molecule has 0 bridgehead atoms. The van der Waals surface area contributed by atoms with Crippen LogP contribution in [0, 0.1) is 5.92 Å². The molecule has 1 unspecified atom stereocenters. The Morgan fingerprint density at radius 3 is 2.88 bits per heavy atom. The van der Waals surface area contributed by atoms with Gasteiger partial charge in [-0.25, -0.2) is 4.68 Å². The van der Waals surface area contributed by atoms with Crippen LogP contribution in [0.4, 0.5) is 5.82 Å². The third kappa shape index (κ3) is 4.09. The molecule has 0 fully saturated rings. The lowest BCUT2D eigenvalue weighted by atomic mass is 10.2. The Kier molecular flexibility index (Phi) is 5.09. The Labute approximate surface area is 98.5 Å². The second-order valence-corrected chi connectivity index (χ2v) is 4.70. The molecule has 0 radical (unpaired) electrons. The molecule has 1 aromatic rings. The van der Waals surface area contributed by atoms with Gasteiger partial charge in [-0.05, 0) is 25.7 Å².